The second-order valence-corrected chi connectivity index (χ2v) is 5.88. The first kappa shape index (κ1) is 15.8. The zero-order chi connectivity index (χ0) is 14.6. The molecule has 0 aromatic heterocycles. The first-order chi connectivity index (χ1) is 9.44. The normalized spacial score (nSPS) is 17.2. The van der Waals surface area contributed by atoms with Crippen LogP contribution in [0.3, 0.4) is 0 Å². The van der Waals surface area contributed by atoms with Gasteiger partial charge in [0.25, 0.3) is 0 Å². The van der Waals surface area contributed by atoms with E-state index in [1.807, 2.05) is 24.3 Å². The highest BCUT2D eigenvalue weighted by atomic mass is 79.9. The van der Waals surface area contributed by atoms with E-state index in [9.17, 15) is 13.2 Å². The Balaban J connectivity index is 1.92. The van der Waals surface area contributed by atoms with Gasteiger partial charge >= 0.3 is 6.18 Å². The van der Waals surface area contributed by atoms with Gasteiger partial charge in [0.2, 0.25) is 0 Å². The van der Waals surface area contributed by atoms with Crippen molar-refractivity contribution in [2.45, 2.75) is 37.6 Å². The third-order valence-electron chi connectivity index (χ3n) is 3.09. The number of nitrogens with one attached hydrogen (secondary N) is 1. The zero-order valence-electron chi connectivity index (χ0n) is 10.9. The third kappa shape index (κ3) is 5.81. The molecule has 6 heteroatoms. The maximum atomic E-state index is 12.2. The molecule has 1 aromatic carbocycles. The van der Waals surface area contributed by atoms with Crippen LogP contribution < -0.4 is 5.32 Å². The number of alkyl halides is 3. The van der Waals surface area contributed by atoms with E-state index in [-0.39, 0.29) is 12.7 Å². The van der Waals surface area contributed by atoms with E-state index in [1.54, 1.807) is 0 Å². The van der Waals surface area contributed by atoms with Crippen LogP contribution in [0.15, 0.2) is 28.7 Å². The van der Waals surface area contributed by atoms with Crippen molar-refractivity contribution in [3.05, 3.63) is 34.3 Å². The van der Waals surface area contributed by atoms with Crippen molar-refractivity contribution < 1.29 is 17.9 Å². The van der Waals surface area contributed by atoms with Gasteiger partial charge in [-0.25, -0.2) is 0 Å². The fourth-order valence-corrected chi connectivity index (χ4v) is 2.27. The Morgan fingerprint density at radius 2 is 2.10 bits per heavy atom. The first-order valence-electron chi connectivity index (χ1n) is 6.61. The Morgan fingerprint density at radius 3 is 2.70 bits per heavy atom. The van der Waals surface area contributed by atoms with Crippen LogP contribution in [0.25, 0.3) is 0 Å². The fraction of sp³-hybridized carbons (Fsp3) is 0.571. The zero-order valence-corrected chi connectivity index (χ0v) is 12.5. The van der Waals surface area contributed by atoms with Crippen LogP contribution in [0, 0.1) is 0 Å². The van der Waals surface area contributed by atoms with Gasteiger partial charge in [0.15, 0.2) is 0 Å². The first-order valence-corrected chi connectivity index (χ1v) is 7.40. The molecule has 0 radical (unpaired) electrons. The second kappa shape index (κ2) is 6.91. The molecular formula is C14H17BrF3NO. The van der Waals surface area contributed by atoms with E-state index in [2.05, 4.69) is 21.2 Å². The maximum Gasteiger partial charge on any atom is 0.391 e. The van der Waals surface area contributed by atoms with Crippen molar-refractivity contribution in [3.63, 3.8) is 0 Å². The standard InChI is InChI=1S/C14H17BrF3NO/c15-11-3-1-2-10(8-11)13(9-19-12-4-5-12)20-7-6-14(16,17)18/h1-3,8,12-13,19H,4-7,9H2. The molecule has 1 fully saturated rings. The fourth-order valence-electron chi connectivity index (χ4n) is 1.86. The van der Waals surface area contributed by atoms with Crippen molar-refractivity contribution >= 4 is 15.9 Å². The molecule has 2 rings (SSSR count). The summed E-state index contributed by atoms with van der Waals surface area (Å²) in [5.41, 5.74) is 0.884. The summed E-state index contributed by atoms with van der Waals surface area (Å²) in [4.78, 5) is 0. The predicted molar refractivity (Wildman–Crippen MR) is 74.5 cm³/mol. The lowest BCUT2D eigenvalue weighted by atomic mass is 10.1. The van der Waals surface area contributed by atoms with Gasteiger partial charge in [-0.1, -0.05) is 28.1 Å². The summed E-state index contributed by atoms with van der Waals surface area (Å²) < 4.78 is 42.9. The molecule has 1 aromatic rings. The molecule has 1 N–H and O–H groups in total. The lowest BCUT2D eigenvalue weighted by Crippen LogP contribution is -2.26. The number of ether oxygens (including phenoxy) is 1. The van der Waals surface area contributed by atoms with Crippen LogP contribution in [0.2, 0.25) is 0 Å². The number of hydrogen-bond donors (Lipinski definition) is 1. The summed E-state index contributed by atoms with van der Waals surface area (Å²) >= 11 is 3.37. The van der Waals surface area contributed by atoms with Crippen molar-refractivity contribution in [2.24, 2.45) is 0 Å². The van der Waals surface area contributed by atoms with Crippen LogP contribution in [0.1, 0.15) is 30.9 Å². The topological polar surface area (TPSA) is 21.3 Å². The summed E-state index contributed by atoms with van der Waals surface area (Å²) in [6, 6.07) is 7.99. The average molecular weight is 352 g/mol. The molecular weight excluding hydrogens is 335 g/mol. The Bertz CT molecular complexity index is 435. The van der Waals surface area contributed by atoms with E-state index >= 15 is 0 Å². The molecule has 0 amide bonds. The van der Waals surface area contributed by atoms with Crippen LogP contribution >= 0.6 is 15.9 Å². The Hall–Kier alpha value is -0.590. The van der Waals surface area contributed by atoms with Gasteiger partial charge in [-0.15, -0.1) is 0 Å². The molecule has 1 saturated carbocycles. The van der Waals surface area contributed by atoms with E-state index in [0.717, 1.165) is 22.9 Å². The van der Waals surface area contributed by atoms with Crippen molar-refractivity contribution in [2.75, 3.05) is 13.2 Å². The van der Waals surface area contributed by atoms with Gasteiger partial charge in [0, 0.05) is 17.1 Å². The molecule has 1 atom stereocenters. The minimum absolute atomic E-state index is 0.312. The summed E-state index contributed by atoms with van der Waals surface area (Å²) in [7, 11) is 0. The molecule has 0 bridgehead atoms. The largest absolute Gasteiger partial charge is 0.391 e. The maximum absolute atomic E-state index is 12.2. The highest BCUT2D eigenvalue weighted by molar-refractivity contribution is 9.10. The highest BCUT2D eigenvalue weighted by Gasteiger charge is 2.28. The van der Waals surface area contributed by atoms with Gasteiger partial charge in [-0.2, -0.15) is 13.2 Å². The van der Waals surface area contributed by atoms with Crippen LogP contribution in [0.4, 0.5) is 13.2 Å². The highest BCUT2D eigenvalue weighted by Crippen LogP contribution is 2.26. The lowest BCUT2D eigenvalue weighted by Gasteiger charge is -2.20. The second-order valence-electron chi connectivity index (χ2n) is 4.96. The van der Waals surface area contributed by atoms with Gasteiger partial charge < -0.3 is 10.1 Å². The molecule has 1 aliphatic carbocycles. The monoisotopic (exact) mass is 351 g/mol. The Kier molecular flexibility index (Phi) is 5.46. The van der Waals surface area contributed by atoms with Crippen LogP contribution in [-0.2, 0) is 4.74 Å². The van der Waals surface area contributed by atoms with Crippen LogP contribution in [-0.4, -0.2) is 25.4 Å². The van der Waals surface area contributed by atoms with E-state index in [0.29, 0.717) is 12.6 Å². The van der Waals surface area contributed by atoms with E-state index in [4.69, 9.17) is 4.74 Å². The minimum atomic E-state index is -4.17. The van der Waals surface area contributed by atoms with E-state index in [1.165, 1.54) is 0 Å². The molecule has 0 heterocycles. The molecule has 0 spiro atoms. The predicted octanol–water partition coefficient (Wildman–Crippen LogP) is 4.21. The SMILES string of the molecule is FC(F)(F)CCOC(CNC1CC1)c1cccc(Br)c1. The van der Waals surface area contributed by atoms with Gasteiger partial charge in [-0.05, 0) is 30.5 Å². The van der Waals surface area contributed by atoms with Gasteiger partial charge in [0.1, 0.15) is 0 Å². The summed E-state index contributed by atoms with van der Waals surface area (Å²) in [6.07, 6.45) is -3.18. The van der Waals surface area contributed by atoms with Crippen molar-refractivity contribution in [1.29, 1.82) is 0 Å². The smallest absolute Gasteiger partial charge is 0.372 e. The molecule has 0 saturated heterocycles. The number of halogens is 4. The minimum Gasteiger partial charge on any atom is -0.372 e. The van der Waals surface area contributed by atoms with Gasteiger partial charge in [0.05, 0.1) is 19.1 Å². The average Bonchev–Trinajstić information content (AvgIpc) is 3.16. The van der Waals surface area contributed by atoms with Gasteiger partial charge in [-0.3, -0.25) is 0 Å². The van der Waals surface area contributed by atoms with Crippen LogP contribution in [0.5, 0.6) is 0 Å². The molecule has 112 valence electrons. The van der Waals surface area contributed by atoms with Crippen molar-refractivity contribution in [1.82, 2.24) is 5.32 Å². The number of hydrogen-bond acceptors (Lipinski definition) is 2. The Labute approximate surface area is 124 Å². The molecule has 1 aliphatic rings. The summed E-state index contributed by atoms with van der Waals surface area (Å²) in [6.45, 7) is 0.228. The number of benzene rings is 1. The molecule has 2 nitrogen and oxygen atoms in total. The molecule has 1 unspecified atom stereocenters. The quantitative estimate of drug-likeness (QED) is 0.794. The Morgan fingerprint density at radius 1 is 1.35 bits per heavy atom. The lowest BCUT2D eigenvalue weighted by molar-refractivity contribution is -0.149. The molecule has 20 heavy (non-hydrogen) atoms. The summed E-state index contributed by atoms with van der Waals surface area (Å²) in [5, 5.41) is 3.30. The van der Waals surface area contributed by atoms with Crippen molar-refractivity contribution in [3.8, 4) is 0 Å². The number of rotatable bonds is 7. The third-order valence-corrected chi connectivity index (χ3v) is 3.59. The molecule has 0 aliphatic heterocycles. The van der Waals surface area contributed by atoms with E-state index < -0.39 is 12.6 Å². The summed E-state index contributed by atoms with van der Waals surface area (Å²) in [5.74, 6) is 0.